The van der Waals surface area contributed by atoms with E-state index in [2.05, 4.69) is 21.2 Å². The Morgan fingerprint density at radius 3 is 2.68 bits per heavy atom. The number of hydrogen-bond acceptors (Lipinski definition) is 3. The fourth-order valence-electron chi connectivity index (χ4n) is 1.65. The number of rotatable bonds is 4. The van der Waals surface area contributed by atoms with Crippen LogP contribution in [0.5, 0.6) is 11.5 Å². The number of ether oxygens (including phenoxy) is 1. The van der Waals surface area contributed by atoms with Gasteiger partial charge in [-0.3, -0.25) is 0 Å². The standard InChI is InChI=1S/C14H13BrFNO2/c1-19-14-5-3-10(7-13(14)18)17-8-9-2-4-11(15)12(16)6-9/h2-7,17-18H,8H2,1H3. The number of phenols is 1. The predicted molar refractivity (Wildman–Crippen MR) is 76.1 cm³/mol. The average molecular weight is 326 g/mol. The summed E-state index contributed by atoms with van der Waals surface area (Å²) >= 11 is 3.11. The molecule has 100 valence electrons. The first-order chi connectivity index (χ1) is 9.10. The van der Waals surface area contributed by atoms with Gasteiger partial charge in [0.05, 0.1) is 11.6 Å². The first kappa shape index (κ1) is 13.7. The zero-order valence-electron chi connectivity index (χ0n) is 10.3. The van der Waals surface area contributed by atoms with Gasteiger partial charge < -0.3 is 15.2 Å². The van der Waals surface area contributed by atoms with Crippen molar-refractivity contribution in [2.75, 3.05) is 12.4 Å². The Kier molecular flexibility index (Phi) is 4.27. The number of anilines is 1. The van der Waals surface area contributed by atoms with Crippen LogP contribution in [0.25, 0.3) is 0 Å². The Morgan fingerprint density at radius 2 is 2.05 bits per heavy atom. The van der Waals surface area contributed by atoms with E-state index < -0.39 is 0 Å². The maximum Gasteiger partial charge on any atom is 0.160 e. The van der Waals surface area contributed by atoms with Crippen LogP contribution in [0.3, 0.4) is 0 Å². The normalized spacial score (nSPS) is 10.3. The van der Waals surface area contributed by atoms with Crippen molar-refractivity contribution in [1.82, 2.24) is 0 Å². The van der Waals surface area contributed by atoms with E-state index in [1.54, 1.807) is 24.3 Å². The van der Waals surface area contributed by atoms with Crippen molar-refractivity contribution in [3.8, 4) is 11.5 Å². The van der Waals surface area contributed by atoms with Crippen molar-refractivity contribution in [1.29, 1.82) is 0 Å². The van der Waals surface area contributed by atoms with Crippen molar-refractivity contribution < 1.29 is 14.2 Å². The van der Waals surface area contributed by atoms with Crippen molar-refractivity contribution in [3.05, 3.63) is 52.3 Å². The molecule has 0 spiro atoms. The lowest BCUT2D eigenvalue weighted by Gasteiger charge is -2.09. The van der Waals surface area contributed by atoms with Crippen LogP contribution in [0.4, 0.5) is 10.1 Å². The third kappa shape index (κ3) is 3.38. The molecule has 0 radical (unpaired) electrons. The van der Waals surface area contributed by atoms with Gasteiger partial charge in [0.1, 0.15) is 5.82 Å². The summed E-state index contributed by atoms with van der Waals surface area (Å²) in [5.41, 5.74) is 1.55. The third-order valence-corrected chi connectivity index (χ3v) is 3.30. The summed E-state index contributed by atoms with van der Waals surface area (Å²) in [5.74, 6) is 0.187. The zero-order valence-corrected chi connectivity index (χ0v) is 11.9. The molecule has 0 bridgehead atoms. The smallest absolute Gasteiger partial charge is 0.160 e. The summed E-state index contributed by atoms with van der Waals surface area (Å²) in [7, 11) is 1.49. The van der Waals surface area contributed by atoms with Gasteiger partial charge in [0.25, 0.3) is 0 Å². The van der Waals surface area contributed by atoms with E-state index >= 15 is 0 Å². The lowest BCUT2D eigenvalue weighted by molar-refractivity contribution is 0.373. The van der Waals surface area contributed by atoms with Gasteiger partial charge in [-0.05, 0) is 45.8 Å². The molecule has 19 heavy (non-hydrogen) atoms. The fourth-order valence-corrected chi connectivity index (χ4v) is 1.90. The number of halogens is 2. The largest absolute Gasteiger partial charge is 0.504 e. The molecule has 0 amide bonds. The molecule has 0 aliphatic carbocycles. The molecule has 2 aromatic carbocycles. The minimum absolute atomic E-state index is 0.0643. The summed E-state index contributed by atoms with van der Waals surface area (Å²) < 4.78 is 18.7. The van der Waals surface area contributed by atoms with Gasteiger partial charge in [-0.25, -0.2) is 4.39 Å². The van der Waals surface area contributed by atoms with E-state index in [0.29, 0.717) is 16.8 Å². The molecule has 3 nitrogen and oxygen atoms in total. The van der Waals surface area contributed by atoms with E-state index in [0.717, 1.165) is 11.3 Å². The summed E-state index contributed by atoms with van der Waals surface area (Å²) in [6.07, 6.45) is 0. The second-order valence-electron chi connectivity index (χ2n) is 3.99. The van der Waals surface area contributed by atoms with Crippen LogP contribution in [-0.4, -0.2) is 12.2 Å². The number of nitrogens with one attached hydrogen (secondary N) is 1. The Labute approximate surface area is 119 Å². The quantitative estimate of drug-likeness (QED) is 0.895. The van der Waals surface area contributed by atoms with Crippen LogP contribution in [-0.2, 0) is 6.54 Å². The number of hydrogen-bond donors (Lipinski definition) is 2. The summed E-state index contributed by atoms with van der Waals surface area (Å²) in [4.78, 5) is 0. The zero-order chi connectivity index (χ0) is 13.8. The summed E-state index contributed by atoms with van der Waals surface area (Å²) in [6.45, 7) is 0.468. The van der Waals surface area contributed by atoms with Gasteiger partial charge in [0.15, 0.2) is 11.5 Å². The predicted octanol–water partition coefficient (Wildman–Crippen LogP) is 3.91. The monoisotopic (exact) mass is 325 g/mol. The summed E-state index contributed by atoms with van der Waals surface area (Å²) in [5, 5.41) is 12.7. The second-order valence-corrected chi connectivity index (χ2v) is 4.84. The maximum absolute atomic E-state index is 13.3. The van der Waals surface area contributed by atoms with E-state index in [1.165, 1.54) is 13.2 Å². The van der Waals surface area contributed by atoms with Crippen LogP contribution in [0.2, 0.25) is 0 Å². The SMILES string of the molecule is COc1ccc(NCc2ccc(Br)c(F)c2)cc1O. The molecule has 0 heterocycles. The van der Waals surface area contributed by atoms with Crippen molar-refractivity contribution in [2.45, 2.75) is 6.54 Å². The second kappa shape index (κ2) is 5.93. The van der Waals surface area contributed by atoms with Gasteiger partial charge in [-0.1, -0.05) is 6.07 Å². The van der Waals surface area contributed by atoms with Crippen molar-refractivity contribution in [2.24, 2.45) is 0 Å². The Balaban J connectivity index is 2.05. The molecule has 2 N–H and O–H groups in total. The molecule has 0 aliphatic rings. The van der Waals surface area contributed by atoms with Crippen LogP contribution >= 0.6 is 15.9 Å². The molecule has 0 saturated carbocycles. The lowest BCUT2D eigenvalue weighted by Crippen LogP contribution is -2.00. The first-order valence-corrected chi connectivity index (χ1v) is 6.44. The number of methoxy groups -OCH3 is 1. The van der Waals surface area contributed by atoms with E-state index in [9.17, 15) is 9.50 Å². The molecule has 5 heteroatoms. The molecule has 0 aliphatic heterocycles. The Morgan fingerprint density at radius 1 is 1.26 bits per heavy atom. The Bertz CT molecular complexity index is 590. The van der Waals surface area contributed by atoms with Gasteiger partial charge in [0, 0.05) is 18.3 Å². The highest BCUT2D eigenvalue weighted by molar-refractivity contribution is 9.10. The first-order valence-electron chi connectivity index (χ1n) is 5.65. The van der Waals surface area contributed by atoms with Gasteiger partial charge in [-0.15, -0.1) is 0 Å². The van der Waals surface area contributed by atoms with Gasteiger partial charge in [0.2, 0.25) is 0 Å². The number of aromatic hydroxyl groups is 1. The molecular weight excluding hydrogens is 313 g/mol. The van der Waals surface area contributed by atoms with Crippen molar-refractivity contribution in [3.63, 3.8) is 0 Å². The van der Waals surface area contributed by atoms with Crippen LogP contribution in [0.15, 0.2) is 40.9 Å². The number of phenolic OH excluding ortho intramolecular Hbond substituents is 1. The molecular formula is C14H13BrFNO2. The topological polar surface area (TPSA) is 41.5 Å². The minimum atomic E-state index is -0.295. The third-order valence-electron chi connectivity index (χ3n) is 2.66. The van der Waals surface area contributed by atoms with Gasteiger partial charge in [-0.2, -0.15) is 0 Å². The highest BCUT2D eigenvalue weighted by Gasteiger charge is 2.03. The summed E-state index contributed by atoms with van der Waals surface area (Å²) in [6, 6.07) is 9.96. The fraction of sp³-hybridized carbons (Fsp3) is 0.143. The Hall–Kier alpha value is -1.75. The molecule has 2 rings (SSSR count). The van der Waals surface area contributed by atoms with Crippen LogP contribution in [0, 0.1) is 5.82 Å². The molecule has 0 atom stereocenters. The highest BCUT2D eigenvalue weighted by Crippen LogP contribution is 2.28. The molecule has 0 fully saturated rings. The highest BCUT2D eigenvalue weighted by atomic mass is 79.9. The molecule has 0 aromatic heterocycles. The average Bonchev–Trinajstić information content (AvgIpc) is 2.40. The van der Waals surface area contributed by atoms with E-state index in [-0.39, 0.29) is 11.6 Å². The minimum Gasteiger partial charge on any atom is -0.504 e. The van der Waals surface area contributed by atoms with Gasteiger partial charge >= 0.3 is 0 Å². The van der Waals surface area contributed by atoms with Crippen molar-refractivity contribution >= 4 is 21.6 Å². The molecule has 0 unspecified atom stereocenters. The van der Waals surface area contributed by atoms with Crippen LogP contribution in [0.1, 0.15) is 5.56 Å². The number of benzene rings is 2. The maximum atomic E-state index is 13.3. The van der Waals surface area contributed by atoms with E-state index in [4.69, 9.17) is 4.74 Å². The van der Waals surface area contributed by atoms with E-state index in [1.807, 2.05) is 6.07 Å². The van der Waals surface area contributed by atoms with Crippen LogP contribution < -0.4 is 10.1 Å². The lowest BCUT2D eigenvalue weighted by atomic mass is 10.2. The molecule has 2 aromatic rings. The molecule has 0 saturated heterocycles.